The lowest BCUT2D eigenvalue weighted by molar-refractivity contribution is 0.0518. The third-order valence-corrected chi connectivity index (χ3v) is 5.26. The third-order valence-electron chi connectivity index (χ3n) is 5.26. The molecule has 1 aromatic carbocycles. The van der Waals surface area contributed by atoms with E-state index in [4.69, 9.17) is 0 Å². The first-order valence-electron chi connectivity index (χ1n) is 8.43. The Labute approximate surface area is 127 Å². The zero-order valence-electron chi connectivity index (χ0n) is 13.1. The van der Waals surface area contributed by atoms with Crippen LogP contribution in [0.3, 0.4) is 0 Å². The number of halogens is 1. The average molecular weight is 290 g/mol. The van der Waals surface area contributed by atoms with Gasteiger partial charge in [0.25, 0.3) is 0 Å². The lowest BCUT2D eigenvalue weighted by Gasteiger charge is -2.43. The molecule has 0 radical (unpaired) electrons. The van der Waals surface area contributed by atoms with E-state index in [-0.39, 0.29) is 5.82 Å². The standard InChI is InChI=1S/C18H27FN2/c1-15-4-2-3-5-18(15)21-12-10-20(11-13-21)14-16-6-8-17(19)9-7-16/h6-9,15,18H,2-5,10-14H2,1H3/t15-,18-/m0/s1. The Bertz CT molecular complexity index is 437. The van der Waals surface area contributed by atoms with Crippen LogP contribution in [0, 0.1) is 11.7 Å². The van der Waals surface area contributed by atoms with Crippen LogP contribution in [0.2, 0.25) is 0 Å². The molecule has 2 atom stereocenters. The highest BCUT2D eigenvalue weighted by molar-refractivity contribution is 5.16. The molecule has 2 aliphatic rings. The molecule has 1 aliphatic heterocycles. The van der Waals surface area contributed by atoms with Crippen molar-refractivity contribution in [3.63, 3.8) is 0 Å². The van der Waals surface area contributed by atoms with Crippen LogP contribution in [0.25, 0.3) is 0 Å². The number of rotatable bonds is 3. The molecule has 1 heterocycles. The first-order valence-corrected chi connectivity index (χ1v) is 8.43. The van der Waals surface area contributed by atoms with Crippen molar-refractivity contribution in [1.29, 1.82) is 0 Å². The van der Waals surface area contributed by atoms with E-state index in [0.29, 0.717) is 0 Å². The Kier molecular flexibility index (Phi) is 4.91. The van der Waals surface area contributed by atoms with E-state index in [1.54, 1.807) is 12.1 Å². The molecule has 1 saturated carbocycles. The molecule has 1 aromatic rings. The minimum absolute atomic E-state index is 0.144. The molecule has 3 heteroatoms. The number of hydrogen-bond donors (Lipinski definition) is 0. The van der Waals surface area contributed by atoms with Gasteiger partial charge in [0.2, 0.25) is 0 Å². The zero-order chi connectivity index (χ0) is 14.7. The topological polar surface area (TPSA) is 6.48 Å². The Morgan fingerprint density at radius 2 is 1.67 bits per heavy atom. The molecular weight excluding hydrogens is 263 g/mol. The fourth-order valence-electron chi connectivity index (χ4n) is 3.94. The molecule has 0 N–H and O–H groups in total. The number of piperazine rings is 1. The first-order chi connectivity index (χ1) is 10.2. The van der Waals surface area contributed by atoms with Gasteiger partial charge in [0, 0.05) is 38.8 Å². The maximum absolute atomic E-state index is 12.9. The second-order valence-electron chi connectivity index (χ2n) is 6.77. The summed E-state index contributed by atoms with van der Waals surface area (Å²) >= 11 is 0. The Balaban J connectivity index is 1.49. The molecule has 0 amide bonds. The second kappa shape index (κ2) is 6.89. The Morgan fingerprint density at radius 1 is 1.00 bits per heavy atom. The summed E-state index contributed by atoms with van der Waals surface area (Å²) in [5.74, 6) is 0.720. The number of benzene rings is 1. The van der Waals surface area contributed by atoms with Gasteiger partial charge in [0.15, 0.2) is 0 Å². The molecule has 21 heavy (non-hydrogen) atoms. The fraction of sp³-hybridized carbons (Fsp3) is 0.667. The first kappa shape index (κ1) is 15.0. The fourth-order valence-corrected chi connectivity index (χ4v) is 3.94. The van der Waals surface area contributed by atoms with Crippen molar-refractivity contribution < 1.29 is 4.39 Å². The highest BCUT2D eigenvalue weighted by atomic mass is 19.1. The van der Waals surface area contributed by atoms with Crippen LogP contribution >= 0.6 is 0 Å². The summed E-state index contributed by atoms with van der Waals surface area (Å²) in [6.45, 7) is 8.04. The van der Waals surface area contributed by atoms with Crippen molar-refractivity contribution in [2.75, 3.05) is 26.2 Å². The average Bonchev–Trinajstić information content (AvgIpc) is 2.51. The molecular formula is C18H27FN2. The minimum Gasteiger partial charge on any atom is -0.298 e. The van der Waals surface area contributed by atoms with Crippen LogP contribution in [0.15, 0.2) is 24.3 Å². The summed E-state index contributed by atoms with van der Waals surface area (Å²) in [5, 5.41) is 0. The van der Waals surface area contributed by atoms with Gasteiger partial charge in [-0.25, -0.2) is 4.39 Å². The molecule has 116 valence electrons. The molecule has 0 bridgehead atoms. The summed E-state index contributed by atoms with van der Waals surface area (Å²) in [6.07, 6.45) is 5.62. The summed E-state index contributed by atoms with van der Waals surface area (Å²) in [4.78, 5) is 5.21. The third kappa shape index (κ3) is 3.83. The SMILES string of the molecule is C[C@H]1CCCC[C@@H]1N1CCN(Cc2ccc(F)cc2)CC1. The lowest BCUT2D eigenvalue weighted by atomic mass is 9.84. The summed E-state index contributed by atoms with van der Waals surface area (Å²) in [5.41, 5.74) is 1.22. The number of nitrogens with zero attached hydrogens (tertiary/aromatic N) is 2. The molecule has 3 rings (SSSR count). The van der Waals surface area contributed by atoms with Crippen LogP contribution in [0.4, 0.5) is 4.39 Å². The van der Waals surface area contributed by atoms with Crippen molar-refractivity contribution >= 4 is 0 Å². The zero-order valence-corrected chi connectivity index (χ0v) is 13.1. The van der Waals surface area contributed by atoms with Crippen LogP contribution in [0.5, 0.6) is 0 Å². The van der Waals surface area contributed by atoms with Gasteiger partial charge in [-0.05, 0) is 36.5 Å². The molecule has 0 aromatic heterocycles. The van der Waals surface area contributed by atoms with Gasteiger partial charge in [-0.2, -0.15) is 0 Å². The monoisotopic (exact) mass is 290 g/mol. The molecule has 1 saturated heterocycles. The summed E-state index contributed by atoms with van der Waals surface area (Å²) in [7, 11) is 0. The van der Waals surface area contributed by atoms with E-state index in [0.717, 1.165) is 31.6 Å². The smallest absolute Gasteiger partial charge is 0.123 e. The van der Waals surface area contributed by atoms with Gasteiger partial charge in [-0.1, -0.05) is 31.9 Å². The van der Waals surface area contributed by atoms with Crippen molar-refractivity contribution in [2.45, 2.75) is 45.2 Å². The molecule has 2 nitrogen and oxygen atoms in total. The van der Waals surface area contributed by atoms with Gasteiger partial charge < -0.3 is 0 Å². The predicted molar refractivity (Wildman–Crippen MR) is 84.7 cm³/mol. The van der Waals surface area contributed by atoms with Crippen LogP contribution < -0.4 is 0 Å². The number of hydrogen-bond acceptors (Lipinski definition) is 2. The maximum Gasteiger partial charge on any atom is 0.123 e. The minimum atomic E-state index is -0.144. The molecule has 0 unspecified atom stereocenters. The van der Waals surface area contributed by atoms with E-state index in [2.05, 4.69) is 16.7 Å². The normalized spacial score (nSPS) is 28.7. The van der Waals surface area contributed by atoms with Crippen molar-refractivity contribution in [1.82, 2.24) is 9.80 Å². The maximum atomic E-state index is 12.9. The predicted octanol–water partition coefficient (Wildman–Crippen LogP) is 3.52. The van der Waals surface area contributed by atoms with Gasteiger partial charge in [-0.15, -0.1) is 0 Å². The van der Waals surface area contributed by atoms with Gasteiger partial charge >= 0.3 is 0 Å². The Hall–Kier alpha value is -0.930. The van der Waals surface area contributed by atoms with E-state index < -0.39 is 0 Å². The molecule has 2 fully saturated rings. The molecule has 1 aliphatic carbocycles. The highest BCUT2D eigenvalue weighted by Crippen LogP contribution is 2.28. The van der Waals surface area contributed by atoms with Gasteiger partial charge in [-0.3, -0.25) is 9.80 Å². The Morgan fingerprint density at radius 3 is 2.33 bits per heavy atom. The van der Waals surface area contributed by atoms with E-state index in [1.165, 1.54) is 44.3 Å². The van der Waals surface area contributed by atoms with Crippen LogP contribution in [-0.4, -0.2) is 42.0 Å². The highest BCUT2D eigenvalue weighted by Gasteiger charge is 2.29. The second-order valence-corrected chi connectivity index (χ2v) is 6.77. The molecule has 0 spiro atoms. The van der Waals surface area contributed by atoms with E-state index in [9.17, 15) is 4.39 Å². The largest absolute Gasteiger partial charge is 0.298 e. The lowest BCUT2D eigenvalue weighted by Crippen LogP contribution is -2.52. The van der Waals surface area contributed by atoms with E-state index in [1.807, 2.05) is 12.1 Å². The van der Waals surface area contributed by atoms with Crippen molar-refractivity contribution in [3.8, 4) is 0 Å². The van der Waals surface area contributed by atoms with Crippen molar-refractivity contribution in [2.24, 2.45) is 5.92 Å². The summed E-state index contributed by atoms with van der Waals surface area (Å²) in [6, 6.07) is 7.76. The van der Waals surface area contributed by atoms with Gasteiger partial charge in [0.1, 0.15) is 5.82 Å². The van der Waals surface area contributed by atoms with E-state index >= 15 is 0 Å². The van der Waals surface area contributed by atoms with Crippen LogP contribution in [-0.2, 0) is 6.54 Å². The quantitative estimate of drug-likeness (QED) is 0.840. The van der Waals surface area contributed by atoms with Gasteiger partial charge in [0.05, 0.1) is 0 Å². The van der Waals surface area contributed by atoms with Crippen LogP contribution in [0.1, 0.15) is 38.2 Å². The summed E-state index contributed by atoms with van der Waals surface area (Å²) < 4.78 is 12.9. The van der Waals surface area contributed by atoms with Crippen molar-refractivity contribution in [3.05, 3.63) is 35.6 Å².